The van der Waals surface area contributed by atoms with Crippen LogP contribution in [0.2, 0.25) is 0 Å². The third kappa shape index (κ3) is 2.80. The fourth-order valence-electron chi connectivity index (χ4n) is 2.44. The first-order chi connectivity index (χ1) is 11.0. The van der Waals surface area contributed by atoms with E-state index in [9.17, 15) is 14.4 Å². The van der Waals surface area contributed by atoms with Gasteiger partial charge in [-0.1, -0.05) is 18.2 Å². The molecule has 0 saturated carbocycles. The second-order valence-electron chi connectivity index (χ2n) is 5.45. The van der Waals surface area contributed by atoms with E-state index in [1.807, 2.05) is 0 Å². The van der Waals surface area contributed by atoms with Gasteiger partial charge in [0.15, 0.2) is 5.60 Å². The van der Waals surface area contributed by atoms with Crippen LogP contribution in [0.5, 0.6) is 0 Å². The van der Waals surface area contributed by atoms with Crippen LogP contribution in [0.25, 0.3) is 0 Å². The van der Waals surface area contributed by atoms with E-state index in [0.717, 1.165) is 5.56 Å². The molecule has 7 nitrogen and oxygen atoms in total. The van der Waals surface area contributed by atoms with Gasteiger partial charge in [0.25, 0.3) is 11.8 Å². The summed E-state index contributed by atoms with van der Waals surface area (Å²) in [6.45, 7) is 1.51. The Bertz CT molecular complexity index is 769. The molecule has 23 heavy (non-hydrogen) atoms. The van der Waals surface area contributed by atoms with Gasteiger partial charge in [-0.15, -0.1) is 0 Å². The maximum absolute atomic E-state index is 12.3. The molecule has 1 atom stereocenters. The summed E-state index contributed by atoms with van der Waals surface area (Å²) in [5, 5.41) is 0. The van der Waals surface area contributed by atoms with Gasteiger partial charge in [-0.25, -0.2) is 4.79 Å². The van der Waals surface area contributed by atoms with Crippen molar-refractivity contribution in [2.45, 2.75) is 18.9 Å². The number of fused-ring (bicyclic) bond motifs is 1. The fraction of sp³-hybridized carbons (Fsp3) is 0.188. The number of aromatic amines is 1. The summed E-state index contributed by atoms with van der Waals surface area (Å²) < 4.78 is 5.28. The number of cyclic esters (lactones) is 1. The van der Waals surface area contributed by atoms with Crippen molar-refractivity contribution in [3.63, 3.8) is 0 Å². The van der Waals surface area contributed by atoms with Gasteiger partial charge in [0.1, 0.15) is 5.69 Å². The number of carbonyl (C=O) groups is 3. The number of carbonyl (C=O) groups excluding carboxylic acids is 3. The van der Waals surface area contributed by atoms with E-state index in [-0.39, 0.29) is 6.42 Å². The van der Waals surface area contributed by atoms with Crippen molar-refractivity contribution in [2.24, 2.45) is 0 Å². The van der Waals surface area contributed by atoms with Gasteiger partial charge < -0.3 is 9.72 Å². The van der Waals surface area contributed by atoms with E-state index in [1.54, 1.807) is 42.6 Å². The van der Waals surface area contributed by atoms with Gasteiger partial charge in [-0.05, 0) is 30.7 Å². The van der Waals surface area contributed by atoms with Gasteiger partial charge in [0, 0.05) is 12.6 Å². The molecule has 3 rings (SSSR count). The molecule has 0 spiro atoms. The Labute approximate surface area is 132 Å². The lowest BCUT2D eigenvalue weighted by molar-refractivity contribution is -0.140. The molecule has 0 saturated heterocycles. The molecule has 0 fully saturated rings. The van der Waals surface area contributed by atoms with Crippen LogP contribution in [-0.2, 0) is 16.0 Å². The molecule has 0 radical (unpaired) electrons. The minimum Gasteiger partial charge on any atom is -0.445 e. The van der Waals surface area contributed by atoms with Crippen LogP contribution in [0.1, 0.15) is 33.3 Å². The number of aromatic nitrogens is 1. The van der Waals surface area contributed by atoms with Gasteiger partial charge in [0.05, 0.1) is 5.56 Å². The van der Waals surface area contributed by atoms with Crippen molar-refractivity contribution >= 4 is 17.8 Å². The lowest BCUT2D eigenvalue weighted by atomic mass is 9.89. The quantitative estimate of drug-likeness (QED) is 0.567. The average Bonchev–Trinajstić information content (AvgIpc) is 3.06. The Morgan fingerprint density at radius 2 is 1.96 bits per heavy atom. The molecule has 3 N–H and O–H groups in total. The number of H-pyrrole nitrogens is 1. The van der Waals surface area contributed by atoms with E-state index < -0.39 is 23.4 Å². The van der Waals surface area contributed by atoms with Crippen molar-refractivity contribution in [2.75, 3.05) is 0 Å². The van der Waals surface area contributed by atoms with E-state index in [4.69, 9.17) is 4.74 Å². The van der Waals surface area contributed by atoms with Gasteiger partial charge in [-0.2, -0.15) is 0 Å². The first-order valence-corrected chi connectivity index (χ1v) is 7.05. The van der Waals surface area contributed by atoms with Crippen LogP contribution in [0, 0.1) is 0 Å². The first kappa shape index (κ1) is 14.8. The van der Waals surface area contributed by atoms with Crippen molar-refractivity contribution in [3.05, 3.63) is 59.4 Å². The number of esters is 1. The Morgan fingerprint density at radius 1 is 1.17 bits per heavy atom. The highest BCUT2D eigenvalue weighted by Gasteiger charge is 2.42. The largest absolute Gasteiger partial charge is 0.445 e. The smallest absolute Gasteiger partial charge is 0.339 e. The lowest BCUT2D eigenvalue weighted by Gasteiger charge is -2.32. The summed E-state index contributed by atoms with van der Waals surface area (Å²) in [4.78, 5) is 38.9. The number of ether oxygens (including phenoxy) is 1. The molecular formula is C16H15N3O4. The summed E-state index contributed by atoms with van der Waals surface area (Å²) in [6, 6.07) is 10.2. The number of hydrogen-bond acceptors (Lipinski definition) is 4. The molecule has 0 aliphatic carbocycles. The highest BCUT2D eigenvalue weighted by Crippen LogP contribution is 2.28. The van der Waals surface area contributed by atoms with Crippen molar-refractivity contribution in [1.29, 1.82) is 0 Å². The minimum absolute atomic E-state index is 0.235. The second-order valence-corrected chi connectivity index (χ2v) is 5.45. The van der Waals surface area contributed by atoms with Crippen molar-refractivity contribution in [1.82, 2.24) is 15.8 Å². The maximum Gasteiger partial charge on any atom is 0.339 e. The van der Waals surface area contributed by atoms with Crippen LogP contribution >= 0.6 is 0 Å². The zero-order valence-corrected chi connectivity index (χ0v) is 12.4. The molecule has 1 aliphatic heterocycles. The van der Waals surface area contributed by atoms with Crippen LogP contribution < -0.4 is 10.9 Å². The van der Waals surface area contributed by atoms with E-state index >= 15 is 0 Å². The topological polar surface area (TPSA) is 100 Å². The minimum atomic E-state index is -1.38. The molecular weight excluding hydrogens is 298 g/mol. The van der Waals surface area contributed by atoms with Crippen LogP contribution in [-0.4, -0.2) is 28.4 Å². The number of amides is 2. The predicted octanol–water partition coefficient (Wildman–Crippen LogP) is 0.947. The Hall–Kier alpha value is -3.09. The number of hydrogen-bond donors (Lipinski definition) is 3. The fourth-order valence-corrected chi connectivity index (χ4v) is 2.44. The summed E-state index contributed by atoms with van der Waals surface area (Å²) in [6.07, 6.45) is 1.83. The Morgan fingerprint density at radius 3 is 2.70 bits per heavy atom. The van der Waals surface area contributed by atoms with Crippen molar-refractivity contribution < 1.29 is 19.1 Å². The number of nitrogens with one attached hydrogen (secondary N) is 3. The maximum atomic E-state index is 12.3. The molecule has 1 aromatic heterocycles. The standard InChI is InChI=1S/C16H15N3O4/c1-16(9-10-5-2-3-6-11(10)14(21)23-16)15(22)19-18-13(20)12-7-4-8-17-12/h2-8,17H,9H2,1H3,(H,18,20)(H,19,22). The summed E-state index contributed by atoms with van der Waals surface area (Å²) in [7, 11) is 0. The lowest BCUT2D eigenvalue weighted by Crippen LogP contribution is -2.56. The second kappa shape index (κ2) is 5.60. The van der Waals surface area contributed by atoms with E-state index in [0.29, 0.717) is 11.3 Å². The molecule has 1 aliphatic rings. The van der Waals surface area contributed by atoms with Gasteiger partial charge in [0.2, 0.25) is 0 Å². The molecule has 118 valence electrons. The van der Waals surface area contributed by atoms with Crippen molar-refractivity contribution in [3.8, 4) is 0 Å². The highest BCUT2D eigenvalue weighted by atomic mass is 16.6. The summed E-state index contributed by atoms with van der Waals surface area (Å²) in [5.74, 6) is -1.64. The normalized spacial score (nSPS) is 19.4. The Balaban J connectivity index is 1.70. The number of hydrazine groups is 1. The molecule has 1 aromatic carbocycles. The molecule has 1 unspecified atom stereocenters. The highest BCUT2D eigenvalue weighted by molar-refractivity contribution is 5.99. The van der Waals surface area contributed by atoms with Gasteiger partial charge in [-0.3, -0.25) is 20.4 Å². The molecule has 2 amide bonds. The Kier molecular flexibility index (Phi) is 3.61. The third-order valence-corrected chi connectivity index (χ3v) is 3.70. The molecule has 2 heterocycles. The number of benzene rings is 1. The third-order valence-electron chi connectivity index (χ3n) is 3.70. The number of rotatable bonds is 2. The van der Waals surface area contributed by atoms with E-state index in [2.05, 4.69) is 15.8 Å². The van der Waals surface area contributed by atoms with Crippen LogP contribution in [0.3, 0.4) is 0 Å². The zero-order valence-electron chi connectivity index (χ0n) is 12.4. The zero-order chi connectivity index (χ0) is 16.4. The van der Waals surface area contributed by atoms with Gasteiger partial charge >= 0.3 is 5.97 Å². The van der Waals surface area contributed by atoms with E-state index in [1.165, 1.54) is 6.92 Å². The first-order valence-electron chi connectivity index (χ1n) is 7.05. The summed E-state index contributed by atoms with van der Waals surface area (Å²) >= 11 is 0. The molecule has 7 heteroatoms. The SMILES string of the molecule is CC1(C(=O)NNC(=O)c2ccc[nH]2)Cc2ccccc2C(=O)O1. The van der Waals surface area contributed by atoms with Crippen LogP contribution in [0.15, 0.2) is 42.6 Å². The summed E-state index contributed by atoms with van der Waals surface area (Å²) in [5.41, 5.74) is 4.69. The molecule has 2 aromatic rings. The monoisotopic (exact) mass is 313 g/mol. The predicted molar refractivity (Wildman–Crippen MR) is 80.4 cm³/mol. The average molecular weight is 313 g/mol. The molecule has 0 bridgehead atoms. The van der Waals surface area contributed by atoms with Crippen LogP contribution in [0.4, 0.5) is 0 Å².